The number of anilines is 1. The molecule has 29 nitrogen and oxygen atoms in total. The van der Waals surface area contributed by atoms with Crippen molar-refractivity contribution >= 4 is 73.1 Å². The van der Waals surface area contributed by atoms with Gasteiger partial charge in [-0.1, -0.05) is 0 Å². The van der Waals surface area contributed by atoms with Crippen LogP contribution in [-0.4, -0.2) is 160 Å². The Labute approximate surface area is 385 Å². The number of amides is 3. The summed E-state index contributed by atoms with van der Waals surface area (Å²) in [5, 5.41) is 16.2. The number of hydrogen-bond acceptors (Lipinski definition) is 23. The fourth-order valence-electron chi connectivity index (χ4n) is 6.56. The summed E-state index contributed by atoms with van der Waals surface area (Å²) in [5.74, 6) is -18.1. The Kier molecular flexibility index (Phi) is 19.4. The minimum Gasteiger partial charge on any atom is -0.477 e. The number of esters is 6. The van der Waals surface area contributed by atoms with Crippen molar-refractivity contribution in [2.24, 2.45) is 0 Å². The molecule has 384 valence electrons. The lowest BCUT2D eigenvalue weighted by molar-refractivity contribution is -0.292. The number of carboxylic acids is 1. The minimum atomic E-state index is -6.06. The van der Waals surface area contributed by atoms with E-state index in [2.05, 4.69) is 10.3 Å². The smallest absolute Gasteiger partial charge is 0.475 e. The van der Waals surface area contributed by atoms with Crippen LogP contribution in [0.2, 0.25) is 0 Å². The van der Waals surface area contributed by atoms with Gasteiger partial charge in [-0.05, 0) is 6.07 Å². The molecule has 0 spiro atoms. The lowest BCUT2D eigenvalue weighted by atomic mass is 9.88. The maximum absolute atomic E-state index is 13.9. The number of nitrogens with one attached hydrogen (secondary N) is 3. The number of carbonyl (C=O) groups is 10. The molecule has 5 N–H and O–H groups in total. The number of carboxylic acid groups (broad SMARTS) is 1. The Bertz CT molecular complexity index is 2280. The van der Waals surface area contributed by atoms with E-state index in [1.807, 2.05) is 5.32 Å². The maximum atomic E-state index is 13.9. The van der Waals surface area contributed by atoms with Gasteiger partial charge < -0.3 is 63.8 Å². The number of aliphatic carboxylic acids is 1. The zero-order valence-electron chi connectivity index (χ0n) is 37.0. The Morgan fingerprint density at radius 1 is 0.899 bits per heavy atom. The fourth-order valence-corrected chi connectivity index (χ4v) is 7.52. The largest absolute Gasteiger partial charge is 0.477 e. The summed E-state index contributed by atoms with van der Waals surface area (Å²) < 4.78 is 106. The molecule has 0 bridgehead atoms. The van der Waals surface area contributed by atoms with Gasteiger partial charge in [0, 0.05) is 54.7 Å². The van der Waals surface area contributed by atoms with Crippen molar-refractivity contribution in [2.75, 3.05) is 25.1 Å². The molecule has 0 saturated carbocycles. The molecular formula is C36H45F3N5O24P. The summed E-state index contributed by atoms with van der Waals surface area (Å²) in [6, 6.07) is -1.06. The van der Waals surface area contributed by atoms with Crippen molar-refractivity contribution in [1.82, 2.24) is 20.2 Å². The van der Waals surface area contributed by atoms with Crippen LogP contribution in [0.3, 0.4) is 0 Å². The third-order valence-electron chi connectivity index (χ3n) is 8.91. The standard InChI is InChI=1S/C36H45F3N5O24P/c1-14(45)41-24-8-9-44(34(56)42-24)31-30(65-20(7)51)28(64-19(6)50)23(66-31)13-60-69(57,58)68-35(33(54)55)10-21(61-16(3)47)26(43-25(52)11-40-32(53)36(37,38)39)29(67-35)27(63-18(5)49)22(62-17(4)48)12-59-15(2)46/h8-9,21-23,26-31H,10-13H2,1-7H3,(H,40,53)(H,43,52)(H,54,55)(H,57,58)(H,41,42,45,56)/t21?,22-,23-,26-,27-,28?,29?,30?,31-,35-/m1/s1. The third-order valence-corrected chi connectivity index (χ3v) is 9.91. The maximum Gasteiger partial charge on any atom is 0.475 e. The molecule has 0 aromatic carbocycles. The van der Waals surface area contributed by atoms with E-state index in [0.29, 0.717) is 4.57 Å². The number of rotatable bonds is 20. The van der Waals surface area contributed by atoms with E-state index in [0.717, 1.165) is 60.7 Å². The van der Waals surface area contributed by atoms with Crippen LogP contribution in [0.15, 0.2) is 17.1 Å². The first-order valence-electron chi connectivity index (χ1n) is 19.6. The van der Waals surface area contributed by atoms with Crippen molar-refractivity contribution in [3.8, 4) is 0 Å². The predicted molar refractivity (Wildman–Crippen MR) is 209 cm³/mol. The van der Waals surface area contributed by atoms with Gasteiger partial charge in [-0.15, -0.1) is 0 Å². The molecule has 33 heteroatoms. The molecule has 3 heterocycles. The molecule has 1 aromatic rings. The first-order chi connectivity index (χ1) is 31.8. The Morgan fingerprint density at radius 2 is 1.49 bits per heavy atom. The zero-order valence-corrected chi connectivity index (χ0v) is 37.9. The third kappa shape index (κ3) is 16.6. The molecule has 0 aliphatic carbocycles. The Hall–Kier alpha value is -6.60. The first-order valence-corrected chi connectivity index (χ1v) is 21.1. The molecule has 3 amide bonds. The molecule has 5 unspecified atom stereocenters. The first kappa shape index (κ1) is 56.7. The topological polar surface area (TPSA) is 392 Å². The van der Waals surface area contributed by atoms with Crippen LogP contribution in [-0.2, 0) is 99.5 Å². The summed E-state index contributed by atoms with van der Waals surface area (Å²) >= 11 is 0. The normalized spacial score (nSPS) is 24.9. The number of phosphoric ester groups is 1. The van der Waals surface area contributed by atoms with Crippen LogP contribution in [0, 0.1) is 0 Å². The lowest BCUT2D eigenvalue weighted by Crippen LogP contribution is -2.69. The molecule has 2 aliphatic rings. The second kappa shape index (κ2) is 23.6. The van der Waals surface area contributed by atoms with Gasteiger partial charge in [0.15, 0.2) is 30.6 Å². The predicted octanol–water partition coefficient (Wildman–Crippen LogP) is -1.81. The summed E-state index contributed by atoms with van der Waals surface area (Å²) in [6.45, 7) is 2.18. The molecule has 2 saturated heterocycles. The van der Waals surface area contributed by atoms with Gasteiger partial charge in [-0.2, -0.15) is 18.2 Å². The minimum absolute atomic E-state index is 0.232. The van der Waals surface area contributed by atoms with Crippen LogP contribution < -0.4 is 21.6 Å². The number of ether oxygens (including phenoxy) is 8. The van der Waals surface area contributed by atoms with Gasteiger partial charge in [0.25, 0.3) is 5.79 Å². The van der Waals surface area contributed by atoms with E-state index in [-0.39, 0.29) is 5.82 Å². The SMILES string of the molecule is CC(=O)Nc1ccn([C@@H]2O[C@H](COP(=O)(O)O[C@@]3(C(=O)O)CC(OC(C)=O)[C@@H](NC(=O)CNC(=O)C(F)(F)F)C([C@H](OC(C)=O)[C@@H](COC(C)=O)OC(C)=O)O3)C(OC(C)=O)C2OC(C)=O)c(=O)n1. The average molecular weight is 1020 g/mol. The van der Waals surface area contributed by atoms with Gasteiger partial charge in [0.05, 0.1) is 25.6 Å². The van der Waals surface area contributed by atoms with E-state index in [1.165, 1.54) is 5.32 Å². The monoisotopic (exact) mass is 1020 g/mol. The van der Waals surface area contributed by atoms with Gasteiger partial charge >= 0.3 is 67.4 Å². The van der Waals surface area contributed by atoms with Crippen LogP contribution in [0.4, 0.5) is 19.0 Å². The number of halogens is 3. The van der Waals surface area contributed by atoms with Gasteiger partial charge in [-0.3, -0.25) is 52.2 Å². The van der Waals surface area contributed by atoms with Crippen molar-refractivity contribution in [3.63, 3.8) is 0 Å². The number of hydrogen-bond donors (Lipinski definition) is 5. The molecule has 3 rings (SSSR count). The molecule has 69 heavy (non-hydrogen) atoms. The highest BCUT2D eigenvalue weighted by molar-refractivity contribution is 7.47. The second-order valence-electron chi connectivity index (χ2n) is 14.5. The van der Waals surface area contributed by atoms with Crippen molar-refractivity contribution in [2.45, 2.75) is 122 Å². The van der Waals surface area contributed by atoms with Crippen LogP contribution in [0.5, 0.6) is 0 Å². The van der Waals surface area contributed by atoms with Crippen molar-refractivity contribution in [1.29, 1.82) is 0 Å². The molecular weight excluding hydrogens is 974 g/mol. The van der Waals surface area contributed by atoms with E-state index in [9.17, 15) is 80.5 Å². The highest BCUT2D eigenvalue weighted by atomic mass is 31.2. The van der Waals surface area contributed by atoms with Gasteiger partial charge in [0.2, 0.25) is 11.8 Å². The molecule has 0 radical (unpaired) electrons. The lowest BCUT2D eigenvalue weighted by Gasteiger charge is -2.48. The Balaban J connectivity index is 2.16. The van der Waals surface area contributed by atoms with Crippen LogP contribution in [0.25, 0.3) is 0 Å². The Morgan fingerprint density at radius 3 is 2.00 bits per heavy atom. The molecule has 11 atom stereocenters. The highest BCUT2D eigenvalue weighted by Gasteiger charge is 2.62. The summed E-state index contributed by atoms with van der Waals surface area (Å²) in [7, 11) is -6.06. The fraction of sp³-hybridized carbons (Fsp3) is 0.611. The second-order valence-corrected chi connectivity index (χ2v) is 15.9. The van der Waals surface area contributed by atoms with Crippen LogP contribution in [0.1, 0.15) is 61.1 Å². The van der Waals surface area contributed by atoms with E-state index in [4.69, 9.17) is 46.9 Å². The van der Waals surface area contributed by atoms with Crippen molar-refractivity contribution in [3.05, 3.63) is 22.7 Å². The van der Waals surface area contributed by atoms with Gasteiger partial charge in [-0.25, -0.2) is 18.7 Å². The molecule has 2 fully saturated rings. The molecule has 1 aromatic heterocycles. The summed E-state index contributed by atoms with van der Waals surface area (Å²) in [6.07, 6.45) is -22.3. The van der Waals surface area contributed by atoms with E-state index >= 15 is 0 Å². The molecule has 2 aliphatic heterocycles. The number of alkyl halides is 3. The average Bonchev–Trinajstić information content (AvgIpc) is 3.51. The van der Waals surface area contributed by atoms with E-state index in [1.54, 1.807) is 0 Å². The number of aromatic nitrogens is 2. The number of carbonyl (C=O) groups excluding carboxylic acids is 9. The number of phosphoric acid groups is 1. The summed E-state index contributed by atoms with van der Waals surface area (Å²) in [5.41, 5.74) is -1.14. The number of nitrogens with zero attached hydrogens (tertiary/aromatic N) is 2. The quantitative estimate of drug-likeness (QED) is 0.0546. The summed E-state index contributed by atoms with van der Waals surface area (Å²) in [4.78, 5) is 151. The highest BCUT2D eigenvalue weighted by Crippen LogP contribution is 2.52. The van der Waals surface area contributed by atoms with Gasteiger partial charge in [0.1, 0.15) is 30.7 Å². The van der Waals surface area contributed by atoms with Crippen molar-refractivity contribution < 1.29 is 123 Å². The zero-order chi connectivity index (χ0) is 52.3. The van der Waals surface area contributed by atoms with E-state index < -0.39 is 166 Å². The van der Waals surface area contributed by atoms with Crippen LogP contribution >= 0.6 is 7.82 Å².